The number of nitrogens with zero attached hydrogens (tertiary/aromatic N) is 2. The SMILES string of the molecule is CCOc1nc2cc(S(C)(=O)=O)c(F)cc2nc1C(=O)O. The molecule has 0 spiro atoms. The summed E-state index contributed by atoms with van der Waals surface area (Å²) in [7, 11) is -3.78. The van der Waals surface area contributed by atoms with E-state index < -0.39 is 32.2 Å². The molecule has 1 aromatic carbocycles. The Morgan fingerprint density at radius 1 is 1.33 bits per heavy atom. The molecule has 0 aliphatic rings. The van der Waals surface area contributed by atoms with E-state index in [2.05, 4.69) is 9.97 Å². The second-order valence-electron chi connectivity index (χ2n) is 4.16. The van der Waals surface area contributed by atoms with Crippen molar-refractivity contribution in [3.63, 3.8) is 0 Å². The van der Waals surface area contributed by atoms with Gasteiger partial charge >= 0.3 is 5.97 Å². The van der Waals surface area contributed by atoms with Gasteiger partial charge < -0.3 is 9.84 Å². The van der Waals surface area contributed by atoms with Crippen LogP contribution in [0.4, 0.5) is 4.39 Å². The molecule has 1 heterocycles. The minimum atomic E-state index is -3.78. The number of halogens is 1. The monoisotopic (exact) mass is 314 g/mol. The van der Waals surface area contributed by atoms with E-state index >= 15 is 0 Å². The van der Waals surface area contributed by atoms with Gasteiger partial charge in [0.05, 0.1) is 17.6 Å². The molecule has 0 saturated carbocycles. The van der Waals surface area contributed by atoms with Gasteiger partial charge in [-0.05, 0) is 13.0 Å². The molecule has 0 saturated heterocycles. The lowest BCUT2D eigenvalue weighted by molar-refractivity contribution is 0.0685. The Kier molecular flexibility index (Phi) is 3.77. The molecular formula is C12H11FN2O5S. The topological polar surface area (TPSA) is 106 Å². The van der Waals surface area contributed by atoms with Crippen molar-refractivity contribution in [3.8, 4) is 5.88 Å². The third kappa shape index (κ3) is 2.92. The molecule has 21 heavy (non-hydrogen) atoms. The van der Waals surface area contributed by atoms with Crippen LogP contribution in [0.3, 0.4) is 0 Å². The molecule has 112 valence electrons. The maximum atomic E-state index is 13.8. The van der Waals surface area contributed by atoms with E-state index in [1.54, 1.807) is 6.92 Å². The molecule has 0 bridgehead atoms. The molecular weight excluding hydrogens is 303 g/mol. The van der Waals surface area contributed by atoms with Crippen LogP contribution >= 0.6 is 0 Å². The quantitative estimate of drug-likeness (QED) is 0.905. The van der Waals surface area contributed by atoms with Crippen LogP contribution in [0.25, 0.3) is 11.0 Å². The van der Waals surface area contributed by atoms with Gasteiger partial charge in [0.15, 0.2) is 9.84 Å². The molecule has 1 aromatic heterocycles. The van der Waals surface area contributed by atoms with Crippen molar-refractivity contribution in [3.05, 3.63) is 23.6 Å². The normalized spacial score (nSPS) is 11.6. The summed E-state index contributed by atoms with van der Waals surface area (Å²) in [5.74, 6) is -2.64. The summed E-state index contributed by atoms with van der Waals surface area (Å²) in [4.78, 5) is 18.2. The predicted molar refractivity (Wildman–Crippen MR) is 70.7 cm³/mol. The lowest BCUT2D eigenvalue weighted by Crippen LogP contribution is -2.09. The molecule has 1 N–H and O–H groups in total. The highest BCUT2D eigenvalue weighted by molar-refractivity contribution is 7.90. The Labute approximate surface area is 119 Å². The third-order valence-corrected chi connectivity index (χ3v) is 3.68. The van der Waals surface area contributed by atoms with Crippen molar-refractivity contribution in [2.45, 2.75) is 11.8 Å². The zero-order valence-corrected chi connectivity index (χ0v) is 11.9. The Morgan fingerprint density at radius 3 is 2.48 bits per heavy atom. The smallest absolute Gasteiger partial charge is 0.360 e. The fourth-order valence-corrected chi connectivity index (χ4v) is 2.44. The zero-order valence-electron chi connectivity index (χ0n) is 11.1. The number of ether oxygens (including phenoxy) is 1. The molecule has 9 heteroatoms. The van der Waals surface area contributed by atoms with Crippen molar-refractivity contribution in [2.75, 3.05) is 12.9 Å². The molecule has 0 amide bonds. The molecule has 0 fully saturated rings. The number of carboxylic acids is 1. The minimum Gasteiger partial charge on any atom is -0.476 e. The van der Waals surface area contributed by atoms with Crippen LogP contribution in [-0.2, 0) is 9.84 Å². The first-order valence-corrected chi connectivity index (χ1v) is 7.70. The second kappa shape index (κ2) is 5.24. The van der Waals surface area contributed by atoms with Gasteiger partial charge in [0.1, 0.15) is 10.7 Å². The fraction of sp³-hybridized carbons (Fsp3) is 0.250. The molecule has 0 atom stereocenters. The minimum absolute atomic E-state index is 0.0327. The van der Waals surface area contributed by atoms with Crippen LogP contribution < -0.4 is 4.74 Å². The number of hydrogen-bond acceptors (Lipinski definition) is 6. The highest BCUT2D eigenvalue weighted by Gasteiger charge is 2.20. The summed E-state index contributed by atoms with van der Waals surface area (Å²) >= 11 is 0. The summed E-state index contributed by atoms with van der Waals surface area (Å²) < 4.78 is 41.8. The number of benzene rings is 1. The van der Waals surface area contributed by atoms with Gasteiger partial charge in [-0.2, -0.15) is 0 Å². The van der Waals surface area contributed by atoms with Gasteiger partial charge in [0, 0.05) is 12.3 Å². The number of aromatic carboxylic acids is 1. The Bertz CT molecular complexity index is 835. The van der Waals surface area contributed by atoms with Crippen molar-refractivity contribution in [1.82, 2.24) is 9.97 Å². The summed E-state index contributed by atoms with van der Waals surface area (Å²) in [6.07, 6.45) is 0.861. The Morgan fingerprint density at radius 2 is 1.95 bits per heavy atom. The first-order chi connectivity index (χ1) is 9.74. The molecule has 0 aliphatic heterocycles. The number of fused-ring (bicyclic) bond motifs is 1. The summed E-state index contributed by atoms with van der Waals surface area (Å²) in [6.45, 7) is 1.78. The Hall–Kier alpha value is -2.29. The van der Waals surface area contributed by atoms with Crippen molar-refractivity contribution >= 4 is 26.8 Å². The molecule has 0 unspecified atom stereocenters. The first kappa shape index (κ1) is 15.1. The van der Waals surface area contributed by atoms with Gasteiger partial charge in [0.25, 0.3) is 0 Å². The molecule has 0 aliphatic carbocycles. The van der Waals surface area contributed by atoms with E-state index in [0.29, 0.717) is 0 Å². The van der Waals surface area contributed by atoms with Crippen LogP contribution in [0.1, 0.15) is 17.4 Å². The maximum absolute atomic E-state index is 13.8. The average Bonchev–Trinajstić information content (AvgIpc) is 2.36. The lowest BCUT2D eigenvalue weighted by atomic mass is 10.2. The predicted octanol–water partition coefficient (Wildman–Crippen LogP) is 1.27. The summed E-state index contributed by atoms with van der Waals surface area (Å²) in [5.41, 5.74) is -0.498. The molecule has 0 radical (unpaired) electrons. The number of sulfone groups is 1. The van der Waals surface area contributed by atoms with Crippen LogP contribution in [0.5, 0.6) is 5.88 Å². The largest absolute Gasteiger partial charge is 0.476 e. The van der Waals surface area contributed by atoms with E-state index in [1.807, 2.05) is 0 Å². The average molecular weight is 314 g/mol. The van der Waals surface area contributed by atoms with Crippen molar-refractivity contribution < 1.29 is 27.4 Å². The molecule has 2 aromatic rings. The van der Waals surface area contributed by atoms with Gasteiger partial charge in [-0.3, -0.25) is 0 Å². The first-order valence-electron chi connectivity index (χ1n) is 5.81. The highest BCUT2D eigenvalue weighted by Crippen LogP contribution is 2.24. The van der Waals surface area contributed by atoms with Gasteiger partial charge in [0.2, 0.25) is 11.6 Å². The molecule has 7 nitrogen and oxygen atoms in total. The maximum Gasteiger partial charge on any atom is 0.360 e. The fourth-order valence-electron chi connectivity index (χ4n) is 1.70. The lowest BCUT2D eigenvalue weighted by Gasteiger charge is -2.08. The van der Waals surface area contributed by atoms with Gasteiger partial charge in [-0.15, -0.1) is 0 Å². The number of carbonyl (C=O) groups is 1. The van der Waals surface area contributed by atoms with E-state index in [0.717, 1.165) is 18.4 Å². The van der Waals surface area contributed by atoms with Gasteiger partial charge in [-0.25, -0.2) is 27.6 Å². The van der Waals surface area contributed by atoms with E-state index in [9.17, 15) is 17.6 Å². The highest BCUT2D eigenvalue weighted by atomic mass is 32.2. The Balaban J connectivity index is 2.79. The second-order valence-corrected chi connectivity index (χ2v) is 6.14. The standard InChI is InChI=1S/C12H11FN2O5S/c1-3-20-11-10(12(16)17)14-7-4-6(13)9(21(2,18)19)5-8(7)15-11/h4-5H,3H2,1-2H3,(H,16,17). The van der Waals surface area contributed by atoms with Crippen LogP contribution in [-0.4, -0.2) is 42.3 Å². The van der Waals surface area contributed by atoms with E-state index in [4.69, 9.17) is 9.84 Å². The number of hydrogen-bond donors (Lipinski definition) is 1. The van der Waals surface area contributed by atoms with Crippen molar-refractivity contribution in [2.24, 2.45) is 0 Å². The number of carboxylic acid groups (broad SMARTS) is 1. The number of aromatic nitrogens is 2. The molecule has 2 rings (SSSR count). The van der Waals surface area contributed by atoms with E-state index in [1.165, 1.54) is 0 Å². The van der Waals surface area contributed by atoms with Crippen LogP contribution in [0.2, 0.25) is 0 Å². The van der Waals surface area contributed by atoms with E-state index in [-0.39, 0.29) is 23.5 Å². The summed E-state index contributed by atoms with van der Waals surface area (Å²) in [5, 5.41) is 9.03. The third-order valence-electron chi connectivity index (χ3n) is 2.57. The van der Waals surface area contributed by atoms with Crippen molar-refractivity contribution in [1.29, 1.82) is 0 Å². The zero-order chi connectivity index (χ0) is 15.8. The summed E-state index contributed by atoms with van der Waals surface area (Å²) in [6, 6.07) is 1.84. The van der Waals surface area contributed by atoms with Crippen LogP contribution in [0, 0.1) is 5.82 Å². The number of rotatable bonds is 4. The van der Waals surface area contributed by atoms with Gasteiger partial charge in [-0.1, -0.05) is 0 Å². The van der Waals surface area contributed by atoms with Crippen LogP contribution in [0.15, 0.2) is 17.0 Å².